The molecular weight excluding hydrogens is 186 g/mol. The van der Waals surface area contributed by atoms with E-state index in [1.54, 1.807) is 6.07 Å². The van der Waals surface area contributed by atoms with Gasteiger partial charge in [0, 0.05) is 5.88 Å². The van der Waals surface area contributed by atoms with Crippen molar-refractivity contribution in [3.8, 4) is 0 Å². The van der Waals surface area contributed by atoms with Crippen molar-refractivity contribution >= 4 is 23.2 Å². The number of rotatable bonds is 1. The second-order valence-electron chi connectivity index (χ2n) is 2.33. The maximum absolute atomic E-state index is 12.8. The fraction of sp³-hybridized carbons (Fsp3) is 0.250. The second kappa shape index (κ2) is 3.42. The number of alkyl halides is 1. The lowest BCUT2D eigenvalue weighted by atomic mass is 10.1. The zero-order valence-corrected chi connectivity index (χ0v) is 7.51. The van der Waals surface area contributed by atoms with E-state index in [0.717, 1.165) is 11.1 Å². The summed E-state index contributed by atoms with van der Waals surface area (Å²) >= 11 is 11.1. The minimum absolute atomic E-state index is 0.149. The molecule has 0 bridgehead atoms. The average molecular weight is 193 g/mol. The van der Waals surface area contributed by atoms with Gasteiger partial charge in [-0.2, -0.15) is 0 Å². The number of aryl methyl sites for hydroxylation is 1. The minimum atomic E-state index is -0.409. The van der Waals surface area contributed by atoms with Crippen molar-refractivity contribution in [3.05, 3.63) is 34.1 Å². The Morgan fingerprint density at radius 3 is 2.64 bits per heavy atom. The number of hydrogen-bond donors (Lipinski definition) is 0. The monoisotopic (exact) mass is 192 g/mol. The standard InChI is InChI=1S/C8H7Cl2F/c1-5-2-7(10)8(11)3-6(5)4-9/h2-3H,4H2,1H3. The summed E-state index contributed by atoms with van der Waals surface area (Å²) in [6.45, 7) is 1.85. The van der Waals surface area contributed by atoms with E-state index in [4.69, 9.17) is 23.2 Å². The molecule has 0 aliphatic rings. The molecule has 0 saturated carbocycles. The molecule has 0 saturated heterocycles. The molecule has 0 heterocycles. The van der Waals surface area contributed by atoms with Gasteiger partial charge in [0.2, 0.25) is 0 Å². The molecule has 1 aromatic rings. The predicted octanol–water partition coefficient (Wildman–Crippen LogP) is 3.53. The third kappa shape index (κ3) is 1.85. The topological polar surface area (TPSA) is 0 Å². The van der Waals surface area contributed by atoms with Crippen LogP contribution in [-0.4, -0.2) is 0 Å². The fourth-order valence-corrected chi connectivity index (χ4v) is 1.34. The lowest BCUT2D eigenvalue weighted by molar-refractivity contribution is 0.626. The summed E-state index contributed by atoms with van der Waals surface area (Å²) in [6.07, 6.45) is 0. The highest BCUT2D eigenvalue weighted by atomic mass is 35.5. The summed E-state index contributed by atoms with van der Waals surface area (Å²) in [5, 5.41) is 0.149. The Kier molecular flexibility index (Phi) is 2.74. The van der Waals surface area contributed by atoms with Crippen LogP contribution in [0, 0.1) is 12.7 Å². The van der Waals surface area contributed by atoms with Crippen molar-refractivity contribution in [2.24, 2.45) is 0 Å². The molecule has 0 unspecified atom stereocenters. The van der Waals surface area contributed by atoms with Gasteiger partial charge in [-0.1, -0.05) is 11.6 Å². The molecule has 0 fully saturated rings. The molecule has 0 spiro atoms. The van der Waals surface area contributed by atoms with Crippen LogP contribution in [0.1, 0.15) is 11.1 Å². The van der Waals surface area contributed by atoms with Gasteiger partial charge in [-0.3, -0.25) is 0 Å². The maximum atomic E-state index is 12.8. The van der Waals surface area contributed by atoms with Crippen LogP contribution in [0.5, 0.6) is 0 Å². The largest absolute Gasteiger partial charge is 0.205 e. The Hall–Kier alpha value is -0.270. The molecule has 3 heteroatoms. The first-order chi connectivity index (χ1) is 5.15. The van der Waals surface area contributed by atoms with E-state index in [1.807, 2.05) is 6.92 Å². The highest BCUT2D eigenvalue weighted by Gasteiger charge is 2.03. The van der Waals surface area contributed by atoms with Gasteiger partial charge in [0.15, 0.2) is 0 Å². The first-order valence-corrected chi connectivity index (χ1v) is 4.07. The van der Waals surface area contributed by atoms with Crippen LogP contribution >= 0.6 is 23.2 Å². The van der Waals surface area contributed by atoms with Crippen molar-refractivity contribution in [1.29, 1.82) is 0 Å². The predicted molar refractivity (Wildman–Crippen MR) is 45.7 cm³/mol. The zero-order chi connectivity index (χ0) is 8.43. The zero-order valence-electron chi connectivity index (χ0n) is 6.00. The minimum Gasteiger partial charge on any atom is -0.205 e. The molecule has 0 atom stereocenters. The number of benzene rings is 1. The summed E-state index contributed by atoms with van der Waals surface area (Å²) < 4.78 is 12.8. The van der Waals surface area contributed by atoms with Crippen molar-refractivity contribution in [1.82, 2.24) is 0 Å². The molecule has 11 heavy (non-hydrogen) atoms. The van der Waals surface area contributed by atoms with Crippen LogP contribution in [0.2, 0.25) is 5.02 Å². The molecule has 60 valence electrons. The highest BCUT2D eigenvalue weighted by molar-refractivity contribution is 6.30. The van der Waals surface area contributed by atoms with E-state index < -0.39 is 5.82 Å². The summed E-state index contributed by atoms with van der Waals surface area (Å²) in [4.78, 5) is 0. The molecular formula is C8H7Cl2F. The smallest absolute Gasteiger partial charge is 0.142 e. The van der Waals surface area contributed by atoms with E-state index >= 15 is 0 Å². The van der Waals surface area contributed by atoms with Crippen LogP contribution in [0.3, 0.4) is 0 Å². The maximum Gasteiger partial charge on any atom is 0.142 e. The third-order valence-electron chi connectivity index (χ3n) is 1.52. The molecule has 0 radical (unpaired) electrons. The normalized spacial score (nSPS) is 10.2. The summed E-state index contributed by atoms with van der Waals surface area (Å²) in [5.74, 6) is -0.0900. The van der Waals surface area contributed by atoms with Crippen molar-refractivity contribution in [3.63, 3.8) is 0 Å². The van der Waals surface area contributed by atoms with Crippen molar-refractivity contribution in [2.75, 3.05) is 0 Å². The van der Waals surface area contributed by atoms with Crippen molar-refractivity contribution < 1.29 is 4.39 Å². The summed E-state index contributed by atoms with van der Waals surface area (Å²) in [5.41, 5.74) is 1.71. The molecule has 0 amide bonds. The fourth-order valence-electron chi connectivity index (χ4n) is 0.831. The van der Waals surface area contributed by atoms with Crippen LogP contribution in [-0.2, 0) is 5.88 Å². The quantitative estimate of drug-likeness (QED) is 0.598. The molecule has 0 aliphatic carbocycles. The van der Waals surface area contributed by atoms with Gasteiger partial charge in [-0.05, 0) is 30.2 Å². The van der Waals surface area contributed by atoms with Gasteiger partial charge in [-0.15, -0.1) is 11.6 Å². The van der Waals surface area contributed by atoms with E-state index in [9.17, 15) is 4.39 Å². The lowest BCUT2D eigenvalue weighted by Crippen LogP contribution is -1.87. The first kappa shape index (κ1) is 8.82. The Labute approximate surface area is 74.9 Å². The summed E-state index contributed by atoms with van der Waals surface area (Å²) in [6, 6.07) is 2.94. The molecule has 0 aromatic heterocycles. The van der Waals surface area contributed by atoms with Gasteiger partial charge >= 0.3 is 0 Å². The van der Waals surface area contributed by atoms with Crippen LogP contribution in [0.4, 0.5) is 4.39 Å². The molecule has 0 aliphatic heterocycles. The molecule has 1 rings (SSSR count). The molecule has 1 aromatic carbocycles. The van der Waals surface area contributed by atoms with Gasteiger partial charge in [0.25, 0.3) is 0 Å². The van der Waals surface area contributed by atoms with Crippen molar-refractivity contribution in [2.45, 2.75) is 12.8 Å². The van der Waals surface area contributed by atoms with Gasteiger partial charge in [0.1, 0.15) is 5.82 Å². The Bertz CT molecular complexity index is 271. The van der Waals surface area contributed by atoms with Crippen LogP contribution in [0.15, 0.2) is 12.1 Å². The number of hydrogen-bond acceptors (Lipinski definition) is 0. The van der Waals surface area contributed by atoms with E-state index in [-0.39, 0.29) is 5.02 Å². The van der Waals surface area contributed by atoms with Gasteiger partial charge in [-0.25, -0.2) is 4.39 Å². The van der Waals surface area contributed by atoms with Gasteiger partial charge in [0.05, 0.1) is 5.02 Å². The average Bonchev–Trinajstić information content (AvgIpc) is 1.97. The second-order valence-corrected chi connectivity index (χ2v) is 3.00. The van der Waals surface area contributed by atoms with E-state index in [0.29, 0.717) is 5.88 Å². The molecule has 0 nitrogen and oxygen atoms in total. The summed E-state index contributed by atoms with van der Waals surface area (Å²) in [7, 11) is 0. The van der Waals surface area contributed by atoms with E-state index in [1.165, 1.54) is 6.07 Å². The third-order valence-corrected chi connectivity index (χ3v) is 2.10. The van der Waals surface area contributed by atoms with E-state index in [2.05, 4.69) is 0 Å². The Morgan fingerprint density at radius 1 is 1.45 bits per heavy atom. The molecule has 0 N–H and O–H groups in total. The SMILES string of the molecule is Cc1cc(Cl)c(F)cc1CCl. The number of halogens is 3. The Morgan fingerprint density at radius 2 is 2.09 bits per heavy atom. The lowest BCUT2D eigenvalue weighted by Gasteiger charge is -2.02. The van der Waals surface area contributed by atoms with Crippen LogP contribution < -0.4 is 0 Å². The Balaban J connectivity index is 3.21. The first-order valence-electron chi connectivity index (χ1n) is 3.15. The van der Waals surface area contributed by atoms with Crippen LogP contribution in [0.25, 0.3) is 0 Å². The highest BCUT2D eigenvalue weighted by Crippen LogP contribution is 2.20. The van der Waals surface area contributed by atoms with Gasteiger partial charge < -0.3 is 0 Å².